The maximum atomic E-state index is 8.83. The van der Waals surface area contributed by atoms with Crippen LogP contribution in [0.25, 0.3) is 0 Å². The molecule has 17 heavy (non-hydrogen) atoms. The number of nitrogens with zero attached hydrogens (tertiary/aromatic N) is 4. The van der Waals surface area contributed by atoms with Gasteiger partial charge in [0.15, 0.2) is 0 Å². The standard InChI is InChI=1S/C13H18N4/c1-16-7-3-4-13(16)10-17(2)12-5-6-15-11(8-12)9-14/h5-6,8,13H,3-4,7,10H2,1-2H3. The van der Waals surface area contributed by atoms with E-state index in [1.54, 1.807) is 6.20 Å². The van der Waals surface area contributed by atoms with Gasteiger partial charge in [-0.25, -0.2) is 4.98 Å². The molecule has 1 aliphatic rings. The Morgan fingerprint density at radius 3 is 3.12 bits per heavy atom. The fraction of sp³-hybridized carbons (Fsp3) is 0.538. The molecule has 0 saturated carbocycles. The molecule has 1 saturated heterocycles. The van der Waals surface area contributed by atoms with Crippen molar-refractivity contribution in [2.75, 3.05) is 32.1 Å². The van der Waals surface area contributed by atoms with Crippen LogP contribution in [0.5, 0.6) is 0 Å². The molecule has 0 spiro atoms. The lowest BCUT2D eigenvalue weighted by molar-refractivity contribution is 0.314. The van der Waals surface area contributed by atoms with Gasteiger partial charge < -0.3 is 9.80 Å². The van der Waals surface area contributed by atoms with Gasteiger partial charge in [-0.3, -0.25) is 0 Å². The predicted octanol–water partition coefficient (Wildman–Crippen LogP) is 1.48. The predicted molar refractivity (Wildman–Crippen MR) is 67.9 cm³/mol. The second kappa shape index (κ2) is 5.15. The number of likely N-dealkylation sites (N-methyl/N-ethyl adjacent to an activating group) is 2. The van der Waals surface area contributed by atoms with Crippen molar-refractivity contribution in [2.24, 2.45) is 0 Å². The second-order valence-corrected chi connectivity index (χ2v) is 4.67. The SMILES string of the molecule is CN(CC1CCCN1C)c1ccnc(C#N)c1. The minimum absolute atomic E-state index is 0.481. The number of nitriles is 1. The van der Waals surface area contributed by atoms with E-state index in [-0.39, 0.29) is 0 Å². The average molecular weight is 230 g/mol. The van der Waals surface area contributed by atoms with Gasteiger partial charge in [-0.1, -0.05) is 0 Å². The van der Waals surface area contributed by atoms with Crippen LogP contribution in [-0.4, -0.2) is 43.1 Å². The Balaban J connectivity index is 2.04. The summed E-state index contributed by atoms with van der Waals surface area (Å²) in [5, 5.41) is 8.83. The zero-order chi connectivity index (χ0) is 12.3. The molecule has 0 aromatic carbocycles. The molecule has 4 nitrogen and oxygen atoms in total. The van der Waals surface area contributed by atoms with Crippen LogP contribution in [0, 0.1) is 11.3 Å². The van der Waals surface area contributed by atoms with Gasteiger partial charge in [0.1, 0.15) is 11.8 Å². The molecular formula is C13H18N4. The first-order valence-electron chi connectivity index (χ1n) is 5.98. The first-order chi connectivity index (χ1) is 8.20. The highest BCUT2D eigenvalue weighted by Crippen LogP contribution is 2.19. The van der Waals surface area contributed by atoms with Crippen molar-refractivity contribution in [2.45, 2.75) is 18.9 Å². The molecule has 0 radical (unpaired) electrons. The fourth-order valence-corrected chi connectivity index (χ4v) is 2.35. The normalized spacial score (nSPS) is 20.2. The highest BCUT2D eigenvalue weighted by atomic mass is 15.2. The molecule has 1 unspecified atom stereocenters. The van der Waals surface area contributed by atoms with E-state index < -0.39 is 0 Å². The van der Waals surface area contributed by atoms with Gasteiger partial charge >= 0.3 is 0 Å². The number of hydrogen-bond acceptors (Lipinski definition) is 4. The number of anilines is 1. The van der Waals surface area contributed by atoms with Gasteiger partial charge in [0.05, 0.1) is 0 Å². The topological polar surface area (TPSA) is 43.2 Å². The summed E-state index contributed by atoms with van der Waals surface area (Å²) in [6, 6.07) is 6.50. The quantitative estimate of drug-likeness (QED) is 0.789. The Hall–Kier alpha value is -1.60. The summed E-state index contributed by atoms with van der Waals surface area (Å²) in [4.78, 5) is 8.60. The van der Waals surface area contributed by atoms with E-state index in [1.165, 1.54) is 19.4 Å². The fourth-order valence-electron chi connectivity index (χ4n) is 2.35. The molecule has 0 aliphatic carbocycles. The number of hydrogen-bond donors (Lipinski definition) is 0. The first-order valence-corrected chi connectivity index (χ1v) is 5.98. The zero-order valence-electron chi connectivity index (χ0n) is 10.4. The van der Waals surface area contributed by atoms with Crippen molar-refractivity contribution in [3.63, 3.8) is 0 Å². The molecule has 2 heterocycles. The number of rotatable bonds is 3. The van der Waals surface area contributed by atoms with Gasteiger partial charge in [-0.05, 0) is 38.6 Å². The van der Waals surface area contributed by atoms with Crippen molar-refractivity contribution in [3.8, 4) is 6.07 Å². The van der Waals surface area contributed by atoms with Crippen molar-refractivity contribution in [1.82, 2.24) is 9.88 Å². The van der Waals surface area contributed by atoms with Gasteiger partial charge in [0.2, 0.25) is 0 Å². The second-order valence-electron chi connectivity index (χ2n) is 4.67. The van der Waals surface area contributed by atoms with Crippen LogP contribution in [0.3, 0.4) is 0 Å². The summed E-state index contributed by atoms with van der Waals surface area (Å²) < 4.78 is 0. The summed E-state index contributed by atoms with van der Waals surface area (Å²) in [5.74, 6) is 0. The first kappa shape index (κ1) is 11.9. The smallest absolute Gasteiger partial charge is 0.142 e. The third kappa shape index (κ3) is 2.75. The molecule has 0 N–H and O–H groups in total. The minimum Gasteiger partial charge on any atom is -0.373 e. The number of likely N-dealkylation sites (tertiary alicyclic amines) is 1. The molecule has 1 aliphatic heterocycles. The van der Waals surface area contributed by atoms with Crippen LogP contribution < -0.4 is 4.90 Å². The van der Waals surface area contributed by atoms with E-state index in [0.29, 0.717) is 11.7 Å². The third-order valence-corrected chi connectivity index (χ3v) is 3.45. The zero-order valence-corrected chi connectivity index (χ0v) is 10.4. The lowest BCUT2D eigenvalue weighted by Crippen LogP contribution is -2.36. The molecule has 90 valence electrons. The molecule has 1 atom stereocenters. The Kier molecular flexibility index (Phi) is 3.60. The van der Waals surface area contributed by atoms with Crippen LogP contribution in [-0.2, 0) is 0 Å². The monoisotopic (exact) mass is 230 g/mol. The molecule has 0 bridgehead atoms. The molecule has 1 fully saturated rings. The Morgan fingerprint density at radius 2 is 2.47 bits per heavy atom. The molecule has 1 aromatic rings. The van der Waals surface area contributed by atoms with E-state index in [1.807, 2.05) is 12.1 Å². The highest BCUT2D eigenvalue weighted by molar-refractivity contribution is 5.48. The van der Waals surface area contributed by atoms with Crippen LogP contribution in [0.15, 0.2) is 18.3 Å². The molecular weight excluding hydrogens is 212 g/mol. The summed E-state index contributed by atoms with van der Waals surface area (Å²) in [7, 11) is 4.25. The van der Waals surface area contributed by atoms with Crippen LogP contribution >= 0.6 is 0 Å². The Morgan fingerprint density at radius 1 is 1.65 bits per heavy atom. The van der Waals surface area contributed by atoms with E-state index in [0.717, 1.165) is 12.2 Å². The molecule has 2 rings (SSSR count). The molecule has 0 amide bonds. The number of pyridine rings is 1. The lowest BCUT2D eigenvalue weighted by Gasteiger charge is -2.27. The summed E-state index contributed by atoms with van der Waals surface area (Å²) in [6.07, 6.45) is 4.24. The van der Waals surface area contributed by atoms with Gasteiger partial charge in [-0.2, -0.15) is 5.26 Å². The highest BCUT2D eigenvalue weighted by Gasteiger charge is 2.22. The van der Waals surface area contributed by atoms with Gasteiger partial charge in [-0.15, -0.1) is 0 Å². The lowest BCUT2D eigenvalue weighted by atomic mass is 10.2. The summed E-state index contributed by atoms with van der Waals surface area (Å²) in [5.41, 5.74) is 1.55. The van der Waals surface area contributed by atoms with Crippen LogP contribution in [0.1, 0.15) is 18.5 Å². The van der Waals surface area contributed by atoms with Crippen molar-refractivity contribution >= 4 is 5.69 Å². The van der Waals surface area contributed by atoms with Crippen LogP contribution in [0.2, 0.25) is 0 Å². The number of aromatic nitrogens is 1. The van der Waals surface area contributed by atoms with E-state index in [9.17, 15) is 0 Å². The maximum Gasteiger partial charge on any atom is 0.142 e. The van der Waals surface area contributed by atoms with E-state index in [2.05, 4.69) is 34.9 Å². The van der Waals surface area contributed by atoms with Crippen molar-refractivity contribution in [3.05, 3.63) is 24.0 Å². The third-order valence-electron chi connectivity index (χ3n) is 3.45. The maximum absolute atomic E-state index is 8.83. The summed E-state index contributed by atoms with van der Waals surface area (Å²) >= 11 is 0. The largest absolute Gasteiger partial charge is 0.373 e. The van der Waals surface area contributed by atoms with E-state index in [4.69, 9.17) is 5.26 Å². The minimum atomic E-state index is 0.481. The Labute approximate surface area is 102 Å². The average Bonchev–Trinajstić information content (AvgIpc) is 2.75. The summed E-state index contributed by atoms with van der Waals surface area (Å²) in [6.45, 7) is 2.20. The van der Waals surface area contributed by atoms with Crippen LogP contribution in [0.4, 0.5) is 5.69 Å². The molecule has 4 heteroatoms. The Bertz CT molecular complexity index is 424. The van der Waals surface area contributed by atoms with Crippen molar-refractivity contribution in [1.29, 1.82) is 5.26 Å². The van der Waals surface area contributed by atoms with Gasteiger partial charge in [0, 0.05) is 31.5 Å². The van der Waals surface area contributed by atoms with E-state index >= 15 is 0 Å². The van der Waals surface area contributed by atoms with Crippen molar-refractivity contribution < 1.29 is 0 Å². The molecule has 1 aromatic heterocycles. The van der Waals surface area contributed by atoms with Gasteiger partial charge in [0.25, 0.3) is 0 Å².